The number of carbonyl (C=O) groups excluding carboxylic acids is 1. The van der Waals surface area contributed by atoms with Crippen LogP contribution < -0.4 is 10.9 Å². The van der Waals surface area contributed by atoms with Gasteiger partial charge in [-0.1, -0.05) is 49.2 Å². The highest BCUT2D eigenvalue weighted by atomic mass is 32.1. The summed E-state index contributed by atoms with van der Waals surface area (Å²) >= 11 is 3.21. The third kappa shape index (κ3) is 4.35. The molecule has 4 aromatic rings. The van der Waals surface area contributed by atoms with E-state index in [1.165, 1.54) is 10.7 Å². The first-order chi connectivity index (χ1) is 16.6. The molecule has 1 N–H and O–H groups in total. The van der Waals surface area contributed by atoms with Crippen molar-refractivity contribution in [1.29, 1.82) is 0 Å². The summed E-state index contributed by atoms with van der Waals surface area (Å²) in [6.07, 6.45) is 3.88. The largest absolute Gasteiger partial charge is 0.353 e. The second-order valence-electron chi connectivity index (χ2n) is 8.60. The van der Waals surface area contributed by atoms with Crippen LogP contribution in [0.5, 0.6) is 0 Å². The average molecular weight is 491 g/mol. The van der Waals surface area contributed by atoms with Gasteiger partial charge in [-0.25, -0.2) is 9.67 Å². The Kier molecular flexibility index (Phi) is 6.43. The molecule has 1 fully saturated rings. The molecule has 0 unspecified atom stereocenters. The fourth-order valence-corrected chi connectivity index (χ4v) is 6.65. The maximum absolute atomic E-state index is 13.2. The summed E-state index contributed by atoms with van der Waals surface area (Å²) < 4.78 is 1.43. The Hall–Kier alpha value is -3.10. The molecule has 0 spiro atoms. The van der Waals surface area contributed by atoms with E-state index in [1.807, 2.05) is 48.7 Å². The van der Waals surface area contributed by atoms with Gasteiger partial charge in [-0.3, -0.25) is 9.59 Å². The number of amides is 1. The molecule has 1 aliphatic rings. The van der Waals surface area contributed by atoms with Crippen LogP contribution in [0.2, 0.25) is 0 Å². The number of hydrogen-bond donors (Lipinski definition) is 1. The quantitative estimate of drug-likeness (QED) is 0.394. The lowest BCUT2D eigenvalue weighted by molar-refractivity contribution is -0.126. The molecule has 0 aliphatic heterocycles. The molecular formula is C26H26N4O2S2. The molecule has 0 bridgehead atoms. The highest BCUT2D eigenvalue weighted by molar-refractivity contribution is 7.18. The van der Waals surface area contributed by atoms with Crippen molar-refractivity contribution < 1.29 is 4.79 Å². The van der Waals surface area contributed by atoms with Gasteiger partial charge in [0.15, 0.2) is 0 Å². The van der Waals surface area contributed by atoms with Crippen molar-refractivity contribution in [2.75, 3.05) is 6.54 Å². The first kappa shape index (κ1) is 22.7. The zero-order valence-electron chi connectivity index (χ0n) is 19.0. The first-order valence-electron chi connectivity index (χ1n) is 11.5. The predicted octanol–water partition coefficient (Wildman–Crippen LogP) is 5.03. The summed E-state index contributed by atoms with van der Waals surface area (Å²) in [6, 6.07) is 17.4. The first-order valence-corrected chi connectivity index (χ1v) is 13.2. The number of hydrogen-bond acceptors (Lipinski definition) is 6. The van der Waals surface area contributed by atoms with E-state index >= 15 is 0 Å². The van der Waals surface area contributed by atoms with Crippen LogP contribution in [0, 0.1) is 6.92 Å². The standard InChI is InChI=1S/C26H26N4O2S2/c1-18-23(34-24(28-18)19-8-3-2-4-9-19)20-11-12-22(31)30(29-20)16-15-27-25(32)26(13-5-6-14-26)21-10-7-17-33-21/h2-4,7-12,17H,5-6,13-16H2,1H3,(H,27,32). The van der Waals surface area contributed by atoms with Gasteiger partial charge in [0.1, 0.15) is 10.7 Å². The van der Waals surface area contributed by atoms with Gasteiger partial charge in [0, 0.05) is 23.1 Å². The summed E-state index contributed by atoms with van der Waals surface area (Å²) in [4.78, 5) is 32.4. The number of aryl methyl sites for hydroxylation is 1. The van der Waals surface area contributed by atoms with E-state index in [0.29, 0.717) is 18.8 Å². The highest BCUT2D eigenvalue weighted by Gasteiger charge is 2.43. The molecule has 1 amide bonds. The minimum atomic E-state index is -0.429. The normalized spacial score (nSPS) is 14.9. The summed E-state index contributed by atoms with van der Waals surface area (Å²) in [6.45, 7) is 2.64. The second-order valence-corrected chi connectivity index (χ2v) is 10.5. The smallest absolute Gasteiger partial charge is 0.266 e. The van der Waals surface area contributed by atoms with Crippen molar-refractivity contribution >= 4 is 28.6 Å². The predicted molar refractivity (Wildman–Crippen MR) is 137 cm³/mol. The highest BCUT2D eigenvalue weighted by Crippen LogP contribution is 2.43. The Bertz CT molecular complexity index is 1340. The maximum Gasteiger partial charge on any atom is 0.266 e. The molecule has 5 rings (SSSR count). The van der Waals surface area contributed by atoms with E-state index in [2.05, 4.69) is 16.5 Å². The number of nitrogens with zero attached hydrogens (tertiary/aromatic N) is 3. The lowest BCUT2D eigenvalue weighted by atomic mass is 9.83. The molecule has 0 radical (unpaired) electrons. The number of nitrogens with one attached hydrogen (secondary N) is 1. The van der Waals surface area contributed by atoms with Crippen molar-refractivity contribution in [3.63, 3.8) is 0 Å². The molecular weight excluding hydrogens is 464 g/mol. The number of rotatable bonds is 7. The summed E-state index contributed by atoms with van der Waals surface area (Å²) in [5.41, 5.74) is 2.05. The minimum absolute atomic E-state index is 0.0578. The molecule has 174 valence electrons. The van der Waals surface area contributed by atoms with Crippen LogP contribution in [-0.4, -0.2) is 27.2 Å². The number of aromatic nitrogens is 3. The Morgan fingerprint density at radius 2 is 1.88 bits per heavy atom. The van der Waals surface area contributed by atoms with Gasteiger partial charge in [-0.2, -0.15) is 5.10 Å². The Morgan fingerprint density at radius 3 is 2.62 bits per heavy atom. The number of benzene rings is 1. The van der Waals surface area contributed by atoms with E-state index in [0.717, 1.165) is 51.7 Å². The third-order valence-corrected chi connectivity index (χ3v) is 8.71. The number of thiazole rings is 1. The van der Waals surface area contributed by atoms with Gasteiger partial charge in [0.25, 0.3) is 5.56 Å². The topological polar surface area (TPSA) is 76.9 Å². The SMILES string of the molecule is Cc1nc(-c2ccccc2)sc1-c1ccc(=O)n(CCNC(=O)C2(c3cccs3)CCCC2)n1. The van der Waals surface area contributed by atoms with E-state index in [1.54, 1.807) is 28.7 Å². The van der Waals surface area contributed by atoms with Crippen LogP contribution >= 0.6 is 22.7 Å². The van der Waals surface area contributed by atoms with Gasteiger partial charge in [-0.05, 0) is 37.3 Å². The van der Waals surface area contributed by atoms with E-state index in [9.17, 15) is 9.59 Å². The fourth-order valence-electron chi connectivity index (χ4n) is 4.63. The molecule has 8 heteroatoms. The molecule has 0 atom stereocenters. The lowest BCUT2D eigenvalue weighted by Gasteiger charge is -2.26. The molecule has 1 aliphatic carbocycles. The molecule has 6 nitrogen and oxygen atoms in total. The molecule has 3 heterocycles. The van der Waals surface area contributed by atoms with Crippen LogP contribution in [0.25, 0.3) is 21.1 Å². The van der Waals surface area contributed by atoms with Crippen molar-refractivity contribution in [2.24, 2.45) is 0 Å². The van der Waals surface area contributed by atoms with Gasteiger partial charge in [0.05, 0.1) is 22.5 Å². The minimum Gasteiger partial charge on any atom is -0.353 e. The Labute approximate surface area is 206 Å². The Balaban J connectivity index is 1.31. The van der Waals surface area contributed by atoms with Gasteiger partial charge in [0.2, 0.25) is 5.91 Å². The molecule has 34 heavy (non-hydrogen) atoms. The van der Waals surface area contributed by atoms with Crippen molar-refractivity contribution in [2.45, 2.75) is 44.6 Å². The van der Waals surface area contributed by atoms with Gasteiger partial charge in [-0.15, -0.1) is 22.7 Å². The summed E-state index contributed by atoms with van der Waals surface area (Å²) in [5, 5.41) is 10.6. The third-order valence-electron chi connectivity index (χ3n) is 6.41. The molecule has 0 saturated heterocycles. The zero-order chi connectivity index (χ0) is 23.5. The van der Waals surface area contributed by atoms with Crippen LogP contribution in [0.3, 0.4) is 0 Å². The number of carbonyl (C=O) groups is 1. The van der Waals surface area contributed by atoms with Crippen LogP contribution in [0.1, 0.15) is 36.3 Å². The fraction of sp³-hybridized carbons (Fsp3) is 0.308. The van der Waals surface area contributed by atoms with Crippen LogP contribution in [0.15, 0.2) is 64.8 Å². The van der Waals surface area contributed by atoms with Crippen molar-refractivity contribution in [3.8, 4) is 21.1 Å². The molecule has 3 aromatic heterocycles. The zero-order valence-corrected chi connectivity index (χ0v) is 20.6. The average Bonchev–Trinajstić information content (AvgIpc) is 3.62. The summed E-state index contributed by atoms with van der Waals surface area (Å²) in [7, 11) is 0. The van der Waals surface area contributed by atoms with Crippen molar-refractivity contribution in [3.05, 3.63) is 80.9 Å². The molecule has 1 aromatic carbocycles. The van der Waals surface area contributed by atoms with Crippen LogP contribution in [-0.2, 0) is 16.8 Å². The Morgan fingerprint density at radius 1 is 1.09 bits per heavy atom. The summed E-state index contributed by atoms with van der Waals surface area (Å²) in [5.74, 6) is 0.0578. The van der Waals surface area contributed by atoms with E-state index < -0.39 is 5.41 Å². The lowest BCUT2D eigenvalue weighted by Crippen LogP contribution is -2.43. The van der Waals surface area contributed by atoms with E-state index in [-0.39, 0.29) is 11.5 Å². The van der Waals surface area contributed by atoms with Crippen molar-refractivity contribution in [1.82, 2.24) is 20.1 Å². The molecule has 1 saturated carbocycles. The van der Waals surface area contributed by atoms with Crippen LogP contribution in [0.4, 0.5) is 0 Å². The van der Waals surface area contributed by atoms with Gasteiger partial charge < -0.3 is 5.32 Å². The number of thiophene rings is 1. The second kappa shape index (κ2) is 9.64. The maximum atomic E-state index is 13.2. The van der Waals surface area contributed by atoms with E-state index in [4.69, 9.17) is 4.98 Å². The van der Waals surface area contributed by atoms with Gasteiger partial charge >= 0.3 is 0 Å². The monoisotopic (exact) mass is 490 g/mol.